The maximum absolute atomic E-state index is 5.95. The molecule has 0 fully saturated rings. The molecule has 132 valence electrons. The van der Waals surface area contributed by atoms with Crippen LogP contribution in [0.15, 0.2) is 47.4 Å². The van der Waals surface area contributed by atoms with Gasteiger partial charge in [-0.25, -0.2) is 4.98 Å². The topological polar surface area (TPSA) is 84.4 Å². The Morgan fingerprint density at radius 1 is 0.885 bits per heavy atom. The van der Waals surface area contributed by atoms with Gasteiger partial charge >= 0.3 is 0 Å². The van der Waals surface area contributed by atoms with Gasteiger partial charge in [0.2, 0.25) is 11.6 Å². The summed E-state index contributed by atoms with van der Waals surface area (Å²) < 4.78 is 23.9. The van der Waals surface area contributed by atoms with Gasteiger partial charge in [0.15, 0.2) is 17.1 Å². The van der Waals surface area contributed by atoms with Crippen molar-refractivity contribution in [2.45, 2.75) is 0 Å². The Hall–Kier alpha value is -3.55. The molecule has 0 N–H and O–H groups in total. The average molecular weight is 352 g/mol. The van der Waals surface area contributed by atoms with Crippen LogP contribution in [0.5, 0.6) is 17.2 Å². The smallest absolute Gasteiger partial charge is 0.227 e. The van der Waals surface area contributed by atoms with Crippen molar-refractivity contribution in [1.82, 2.24) is 19.7 Å². The van der Waals surface area contributed by atoms with Crippen LogP contribution in [-0.2, 0) is 0 Å². The number of oxazole rings is 1. The fourth-order valence-corrected chi connectivity index (χ4v) is 2.74. The van der Waals surface area contributed by atoms with Gasteiger partial charge in [-0.1, -0.05) is 0 Å². The lowest BCUT2D eigenvalue weighted by Crippen LogP contribution is -1.95. The molecule has 0 spiro atoms. The molecule has 0 radical (unpaired) electrons. The molecule has 8 heteroatoms. The molecule has 0 saturated heterocycles. The lowest BCUT2D eigenvalue weighted by molar-refractivity contribution is 0.324. The van der Waals surface area contributed by atoms with Crippen molar-refractivity contribution in [3.05, 3.63) is 43.0 Å². The number of nitrogens with zero attached hydrogens (tertiary/aromatic N) is 4. The first-order valence-electron chi connectivity index (χ1n) is 7.79. The minimum atomic E-state index is 0.458. The minimum Gasteiger partial charge on any atom is -0.493 e. The molecular weight excluding hydrogens is 336 g/mol. The number of hydrogen-bond acceptors (Lipinski definition) is 7. The molecule has 4 aromatic rings. The second kappa shape index (κ2) is 6.40. The van der Waals surface area contributed by atoms with Gasteiger partial charge in [-0.05, 0) is 24.3 Å². The summed E-state index contributed by atoms with van der Waals surface area (Å²) in [5, 5.41) is 7.63. The summed E-state index contributed by atoms with van der Waals surface area (Å²) in [5.41, 5.74) is 3.00. The van der Waals surface area contributed by atoms with Crippen LogP contribution in [0.3, 0.4) is 0 Å². The van der Waals surface area contributed by atoms with Gasteiger partial charge in [0.05, 0.1) is 27.0 Å². The predicted molar refractivity (Wildman–Crippen MR) is 94.0 cm³/mol. The third kappa shape index (κ3) is 2.61. The van der Waals surface area contributed by atoms with Crippen molar-refractivity contribution in [3.63, 3.8) is 0 Å². The number of aromatic nitrogens is 4. The first-order valence-corrected chi connectivity index (χ1v) is 7.79. The first kappa shape index (κ1) is 15.9. The van der Waals surface area contributed by atoms with Crippen molar-refractivity contribution in [2.24, 2.45) is 0 Å². The van der Waals surface area contributed by atoms with Gasteiger partial charge in [0.25, 0.3) is 0 Å². The molecule has 2 aromatic carbocycles. The van der Waals surface area contributed by atoms with Crippen LogP contribution in [0.1, 0.15) is 0 Å². The Kier molecular flexibility index (Phi) is 3.92. The molecular formula is C18H16N4O4. The Morgan fingerprint density at radius 2 is 1.58 bits per heavy atom. The van der Waals surface area contributed by atoms with Crippen LogP contribution in [0, 0.1) is 0 Å². The zero-order valence-corrected chi connectivity index (χ0v) is 14.5. The lowest BCUT2D eigenvalue weighted by atomic mass is 10.2. The summed E-state index contributed by atoms with van der Waals surface area (Å²) in [6.07, 6.45) is 3.25. The van der Waals surface area contributed by atoms with Crippen LogP contribution in [0.25, 0.3) is 28.2 Å². The molecule has 0 atom stereocenters. The molecule has 4 rings (SSSR count). The highest BCUT2D eigenvalue weighted by Gasteiger charge is 2.17. The van der Waals surface area contributed by atoms with Crippen molar-refractivity contribution in [3.8, 4) is 34.4 Å². The minimum absolute atomic E-state index is 0.458. The van der Waals surface area contributed by atoms with E-state index in [-0.39, 0.29) is 0 Å². The van der Waals surface area contributed by atoms with Gasteiger partial charge in [-0.3, -0.25) is 4.57 Å². The van der Waals surface area contributed by atoms with Crippen LogP contribution in [0.4, 0.5) is 0 Å². The summed E-state index contributed by atoms with van der Waals surface area (Å²) in [4.78, 5) is 4.55. The number of rotatable bonds is 5. The Bertz CT molecular complexity index is 1030. The SMILES string of the molecule is COc1cc(-c2nc3ccc(-n4cnnc4)cc3o2)cc(OC)c1OC. The number of benzene rings is 2. The summed E-state index contributed by atoms with van der Waals surface area (Å²) in [6, 6.07) is 9.29. The summed E-state index contributed by atoms with van der Waals surface area (Å²) in [7, 11) is 4.70. The average Bonchev–Trinajstić information content (AvgIpc) is 3.35. The van der Waals surface area contributed by atoms with E-state index in [2.05, 4.69) is 15.2 Å². The van der Waals surface area contributed by atoms with Crippen molar-refractivity contribution in [1.29, 1.82) is 0 Å². The molecule has 2 aromatic heterocycles. The Balaban J connectivity index is 1.81. The molecule has 0 aliphatic heterocycles. The maximum Gasteiger partial charge on any atom is 0.227 e. The Morgan fingerprint density at radius 3 is 2.19 bits per heavy atom. The van der Waals surface area contributed by atoms with Crippen molar-refractivity contribution >= 4 is 11.1 Å². The highest BCUT2D eigenvalue weighted by atomic mass is 16.5. The molecule has 0 aliphatic carbocycles. The molecule has 0 amide bonds. The highest BCUT2D eigenvalue weighted by molar-refractivity contribution is 5.79. The largest absolute Gasteiger partial charge is 0.493 e. The van der Waals surface area contributed by atoms with E-state index in [0.717, 1.165) is 16.8 Å². The van der Waals surface area contributed by atoms with Crippen LogP contribution < -0.4 is 14.2 Å². The van der Waals surface area contributed by atoms with E-state index in [1.165, 1.54) is 0 Å². The third-order valence-electron chi connectivity index (χ3n) is 4.00. The Labute approximate surface area is 149 Å². The lowest BCUT2D eigenvalue weighted by Gasteiger charge is -2.12. The molecule has 0 bridgehead atoms. The van der Waals surface area contributed by atoms with Crippen molar-refractivity contribution < 1.29 is 18.6 Å². The fraction of sp³-hybridized carbons (Fsp3) is 0.167. The maximum atomic E-state index is 5.95. The normalized spacial score (nSPS) is 10.9. The van der Waals surface area contributed by atoms with E-state index in [1.807, 2.05) is 18.2 Å². The monoisotopic (exact) mass is 352 g/mol. The molecule has 0 saturated carbocycles. The van der Waals surface area contributed by atoms with Crippen LogP contribution >= 0.6 is 0 Å². The fourth-order valence-electron chi connectivity index (χ4n) is 2.74. The third-order valence-corrected chi connectivity index (χ3v) is 4.00. The number of fused-ring (bicyclic) bond motifs is 1. The van der Waals surface area contributed by atoms with E-state index in [4.69, 9.17) is 18.6 Å². The molecule has 2 heterocycles. The molecule has 0 aliphatic rings. The molecule has 0 unspecified atom stereocenters. The van der Waals surface area contributed by atoms with Gasteiger partial charge in [0, 0.05) is 11.6 Å². The van der Waals surface area contributed by atoms with E-state index in [1.54, 1.807) is 50.7 Å². The zero-order valence-electron chi connectivity index (χ0n) is 14.5. The van der Waals surface area contributed by atoms with E-state index in [9.17, 15) is 0 Å². The van der Waals surface area contributed by atoms with E-state index < -0.39 is 0 Å². The van der Waals surface area contributed by atoms with Crippen LogP contribution in [0.2, 0.25) is 0 Å². The number of ether oxygens (including phenoxy) is 3. The van der Waals surface area contributed by atoms with E-state index in [0.29, 0.717) is 28.7 Å². The van der Waals surface area contributed by atoms with Crippen molar-refractivity contribution in [2.75, 3.05) is 21.3 Å². The standard InChI is InChI=1S/C18H16N4O4/c1-23-15-6-11(7-16(24-2)17(15)25-3)18-21-13-5-4-12(8-14(13)26-18)22-9-19-20-10-22/h4-10H,1-3H3. The molecule has 8 nitrogen and oxygen atoms in total. The second-order valence-corrected chi connectivity index (χ2v) is 5.45. The summed E-state index contributed by atoms with van der Waals surface area (Å²) in [6.45, 7) is 0. The zero-order chi connectivity index (χ0) is 18.1. The van der Waals surface area contributed by atoms with E-state index >= 15 is 0 Å². The summed E-state index contributed by atoms with van der Waals surface area (Å²) in [5.74, 6) is 2.05. The quantitative estimate of drug-likeness (QED) is 0.545. The predicted octanol–water partition coefficient (Wildman–Crippen LogP) is 3.10. The molecule has 26 heavy (non-hydrogen) atoms. The first-order chi connectivity index (χ1) is 12.7. The van der Waals surface area contributed by atoms with Gasteiger partial charge in [0.1, 0.15) is 18.2 Å². The summed E-state index contributed by atoms with van der Waals surface area (Å²) >= 11 is 0. The highest BCUT2D eigenvalue weighted by Crippen LogP contribution is 2.41. The van der Waals surface area contributed by atoms with Gasteiger partial charge in [-0.2, -0.15) is 0 Å². The second-order valence-electron chi connectivity index (χ2n) is 5.45. The number of hydrogen-bond donors (Lipinski definition) is 0. The van der Waals surface area contributed by atoms with Gasteiger partial charge in [-0.15, -0.1) is 10.2 Å². The van der Waals surface area contributed by atoms with Gasteiger partial charge < -0.3 is 18.6 Å². The van der Waals surface area contributed by atoms with Crippen LogP contribution in [-0.4, -0.2) is 41.1 Å². The number of methoxy groups -OCH3 is 3.